The summed E-state index contributed by atoms with van der Waals surface area (Å²) in [6.45, 7) is 2.37. The molecule has 0 bridgehead atoms. The summed E-state index contributed by atoms with van der Waals surface area (Å²) in [6, 6.07) is 4.82. The van der Waals surface area contributed by atoms with Crippen LogP contribution in [0.2, 0.25) is 0 Å². The minimum atomic E-state index is -0.846. The Labute approximate surface area is 100 Å². The van der Waals surface area contributed by atoms with Gasteiger partial charge in [-0.05, 0) is 24.1 Å². The Hall–Kier alpha value is -1.93. The molecule has 0 radical (unpaired) electrons. The lowest BCUT2D eigenvalue weighted by Gasteiger charge is -2.13. The van der Waals surface area contributed by atoms with Crippen molar-refractivity contribution in [2.45, 2.75) is 32.4 Å². The van der Waals surface area contributed by atoms with Crippen molar-refractivity contribution in [2.24, 2.45) is 0 Å². The van der Waals surface area contributed by atoms with Crippen LogP contribution in [0.1, 0.15) is 31.0 Å². The van der Waals surface area contributed by atoms with E-state index in [0.717, 1.165) is 12.0 Å². The maximum absolute atomic E-state index is 10.9. The first-order chi connectivity index (χ1) is 8.17. The molecule has 90 valence electrons. The van der Waals surface area contributed by atoms with Crippen LogP contribution in [0.25, 0.3) is 0 Å². The third kappa shape index (κ3) is 4.21. The van der Waals surface area contributed by atoms with E-state index in [9.17, 15) is 4.79 Å². The molecule has 0 aliphatic rings. The predicted molar refractivity (Wildman–Crippen MR) is 62.1 cm³/mol. The highest BCUT2D eigenvalue weighted by molar-refractivity contribution is 5.73. The molecule has 1 rings (SSSR count). The van der Waals surface area contributed by atoms with Gasteiger partial charge in [-0.25, -0.2) is 4.98 Å². The fourth-order valence-corrected chi connectivity index (χ4v) is 1.49. The second kappa shape index (κ2) is 6.61. The molecule has 1 atom stereocenters. The Kier molecular flexibility index (Phi) is 5.11. The number of carboxylic acids is 1. The fraction of sp³-hybridized carbons (Fsp3) is 0.417. The summed E-state index contributed by atoms with van der Waals surface area (Å²) in [4.78, 5) is 14.8. The van der Waals surface area contributed by atoms with Gasteiger partial charge in [0.25, 0.3) is 0 Å². The van der Waals surface area contributed by atoms with Gasteiger partial charge in [0, 0.05) is 12.7 Å². The molecule has 1 unspecified atom stereocenters. The van der Waals surface area contributed by atoms with Crippen LogP contribution in [0.5, 0.6) is 0 Å². The van der Waals surface area contributed by atoms with Crippen molar-refractivity contribution in [3.05, 3.63) is 29.6 Å². The fourth-order valence-electron chi connectivity index (χ4n) is 1.49. The van der Waals surface area contributed by atoms with E-state index in [1.54, 1.807) is 18.3 Å². The van der Waals surface area contributed by atoms with Crippen molar-refractivity contribution in [2.75, 3.05) is 0 Å². The second-order valence-corrected chi connectivity index (χ2v) is 3.72. The van der Waals surface area contributed by atoms with E-state index in [-0.39, 0.29) is 0 Å². The maximum Gasteiger partial charge on any atom is 0.320 e. The number of nitrogens with zero attached hydrogens (tertiary/aromatic N) is 2. The predicted octanol–water partition coefficient (Wildman–Crippen LogP) is 1.30. The number of carbonyl (C=O) groups is 1. The molecule has 1 heterocycles. The van der Waals surface area contributed by atoms with Crippen LogP contribution in [-0.4, -0.2) is 22.1 Å². The first-order valence-corrected chi connectivity index (χ1v) is 5.48. The van der Waals surface area contributed by atoms with Gasteiger partial charge in [0.1, 0.15) is 17.8 Å². The quantitative estimate of drug-likeness (QED) is 0.773. The van der Waals surface area contributed by atoms with E-state index in [1.807, 2.05) is 13.0 Å². The van der Waals surface area contributed by atoms with Gasteiger partial charge < -0.3 is 10.4 Å². The molecule has 17 heavy (non-hydrogen) atoms. The summed E-state index contributed by atoms with van der Waals surface area (Å²) in [5, 5.41) is 20.6. The molecule has 0 fully saturated rings. The first kappa shape index (κ1) is 13.1. The molecule has 0 aliphatic heterocycles. The van der Waals surface area contributed by atoms with Crippen molar-refractivity contribution in [3.8, 4) is 6.07 Å². The van der Waals surface area contributed by atoms with Crippen molar-refractivity contribution in [1.82, 2.24) is 10.3 Å². The van der Waals surface area contributed by atoms with Crippen LogP contribution in [-0.2, 0) is 11.3 Å². The molecule has 5 heteroatoms. The standard InChI is InChI=1S/C12H15N3O2/c1-2-3-11(12(16)17)15-8-9-4-5-14-10(6-9)7-13/h4-6,11,15H,2-3,8H2,1H3,(H,16,17). The zero-order valence-corrected chi connectivity index (χ0v) is 9.68. The van der Waals surface area contributed by atoms with E-state index >= 15 is 0 Å². The summed E-state index contributed by atoms with van der Waals surface area (Å²) in [6.07, 6.45) is 2.94. The van der Waals surface area contributed by atoms with Crippen molar-refractivity contribution >= 4 is 5.97 Å². The van der Waals surface area contributed by atoms with Gasteiger partial charge in [-0.2, -0.15) is 5.26 Å². The third-order valence-corrected chi connectivity index (χ3v) is 2.37. The lowest BCUT2D eigenvalue weighted by molar-refractivity contribution is -0.139. The molecule has 0 saturated carbocycles. The number of nitriles is 1. The lowest BCUT2D eigenvalue weighted by Crippen LogP contribution is -2.36. The van der Waals surface area contributed by atoms with Gasteiger partial charge in [0.2, 0.25) is 0 Å². The van der Waals surface area contributed by atoms with Crippen molar-refractivity contribution in [3.63, 3.8) is 0 Å². The molecule has 0 amide bonds. The zero-order valence-electron chi connectivity index (χ0n) is 9.68. The van der Waals surface area contributed by atoms with Crippen LogP contribution in [0.15, 0.2) is 18.3 Å². The molecule has 0 spiro atoms. The van der Waals surface area contributed by atoms with Gasteiger partial charge in [0.15, 0.2) is 0 Å². The molecule has 0 saturated heterocycles. The van der Waals surface area contributed by atoms with Crippen LogP contribution in [0.3, 0.4) is 0 Å². The maximum atomic E-state index is 10.9. The normalized spacial score (nSPS) is 11.8. The van der Waals surface area contributed by atoms with Crippen LogP contribution < -0.4 is 5.32 Å². The summed E-state index contributed by atoms with van der Waals surface area (Å²) >= 11 is 0. The molecular formula is C12H15N3O2. The van der Waals surface area contributed by atoms with Crippen LogP contribution >= 0.6 is 0 Å². The number of aliphatic carboxylic acids is 1. The number of nitrogens with one attached hydrogen (secondary N) is 1. The van der Waals surface area contributed by atoms with E-state index in [2.05, 4.69) is 10.3 Å². The number of pyridine rings is 1. The van der Waals surface area contributed by atoms with Gasteiger partial charge in [0.05, 0.1) is 0 Å². The summed E-state index contributed by atoms with van der Waals surface area (Å²) in [5.41, 5.74) is 1.20. The Morgan fingerprint density at radius 3 is 3.06 bits per heavy atom. The Balaban J connectivity index is 2.59. The van der Waals surface area contributed by atoms with E-state index in [4.69, 9.17) is 10.4 Å². The number of hydrogen-bond donors (Lipinski definition) is 2. The number of aromatic nitrogens is 1. The van der Waals surface area contributed by atoms with Crippen LogP contribution in [0, 0.1) is 11.3 Å². The highest BCUT2D eigenvalue weighted by Gasteiger charge is 2.14. The Morgan fingerprint density at radius 1 is 1.71 bits per heavy atom. The van der Waals surface area contributed by atoms with Crippen molar-refractivity contribution in [1.29, 1.82) is 5.26 Å². The number of carboxylic acid groups (broad SMARTS) is 1. The average Bonchev–Trinajstić information content (AvgIpc) is 2.34. The Morgan fingerprint density at radius 2 is 2.47 bits per heavy atom. The summed E-state index contributed by atoms with van der Waals surface area (Å²) in [7, 11) is 0. The first-order valence-electron chi connectivity index (χ1n) is 5.48. The van der Waals surface area contributed by atoms with Gasteiger partial charge >= 0.3 is 5.97 Å². The van der Waals surface area contributed by atoms with Gasteiger partial charge in [-0.1, -0.05) is 13.3 Å². The highest BCUT2D eigenvalue weighted by atomic mass is 16.4. The topological polar surface area (TPSA) is 86.0 Å². The molecule has 1 aromatic heterocycles. The largest absolute Gasteiger partial charge is 0.480 e. The molecule has 2 N–H and O–H groups in total. The second-order valence-electron chi connectivity index (χ2n) is 3.72. The highest BCUT2D eigenvalue weighted by Crippen LogP contribution is 2.03. The number of rotatable bonds is 6. The molecule has 0 aliphatic carbocycles. The Bertz CT molecular complexity index is 426. The third-order valence-electron chi connectivity index (χ3n) is 2.37. The smallest absolute Gasteiger partial charge is 0.320 e. The molecule has 1 aromatic rings. The van der Waals surface area contributed by atoms with E-state index < -0.39 is 12.0 Å². The molecule has 0 aromatic carbocycles. The molecule has 5 nitrogen and oxygen atoms in total. The molecular weight excluding hydrogens is 218 g/mol. The van der Waals surface area contributed by atoms with E-state index in [1.165, 1.54) is 0 Å². The monoisotopic (exact) mass is 233 g/mol. The van der Waals surface area contributed by atoms with Crippen LogP contribution in [0.4, 0.5) is 0 Å². The van der Waals surface area contributed by atoms with Gasteiger partial charge in [-0.3, -0.25) is 4.79 Å². The zero-order chi connectivity index (χ0) is 12.7. The summed E-state index contributed by atoms with van der Waals surface area (Å²) in [5.74, 6) is -0.846. The lowest BCUT2D eigenvalue weighted by atomic mass is 10.1. The van der Waals surface area contributed by atoms with Gasteiger partial charge in [-0.15, -0.1) is 0 Å². The minimum absolute atomic E-state index is 0.340. The SMILES string of the molecule is CCCC(NCc1ccnc(C#N)c1)C(=O)O. The summed E-state index contributed by atoms with van der Waals surface area (Å²) < 4.78 is 0. The minimum Gasteiger partial charge on any atom is -0.480 e. The van der Waals surface area contributed by atoms with Crippen molar-refractivity contribution < 1.29 is 9.90 Å². The average molecular weight is 233 g/mol. The van der Waals surface area contributed by atoms with E-state index in [0.29, 0.717) is 18.7 Å². The number of hydrogen-bond acceptors (Lipinski definition) is 4.